The minimum atomic E-state index is 0.231. The van der Waals surface area contributed by atoms with Crippen molar-refractivity contribution in [3.05, 3.63) is 18.0 Å². The van der Waals surface area contributed by atoms with Crippen molar-refractivity contribution in [1.29, 1.82) is 0 Å². The van der Waals surface area contributed by atoms with E-state index in [-0.39, 0.29) is 11.0 Å². The Morgan fingerprint density at radius 3 is 2.94 bits per heavy atom. The Balaban J connectivity index is 2.36. The van der Waals surface area contributed by atoms with Gasteiger partial charge < -0.3 is 15.2 Å². The van der Waals surface area contributed by atoms with Crippen LogP contribution < -0.4 is 10.5 Å². The number of hydrogen-bond acceptors (Lipinski definition) is 5. The smallest absolute Gasteiger partial charge is 0.317 e. The highest BCUT2D eigenvalue weighted by Gasteiger charge is 2.02. The maximum atomic E-state index is 5.44. The van der Waals surface area contributed by atoms with E-state index in [2.05, 4.69) is 16.9 Å². The zero-order chi connectivity index (χ0) is 11.8. The fourth-order valence-corrected chi connectivity index (χ4v) is 1.10. The van der Waals surface area contributed by atoms with Crippen LogP contribution >= 0.6 is 12.2 Å². The van der Waals surface area contributed by atoms with E-state index in [0.29, 0.717) is 18.9 Å². The van der Waals surface area contributed by atoms with Crippen LogP contribution in [0.4, 0.5) is 0 Å². The molecule has 0 radical (unpaired) electrons. The third-order valence-electron chi connectivity index (χ3n) is 1.69. The zero-order valence-corrected chi connectivity index (χ0v) is 10.00. The lowest BCUT2D eigenvalue weighted by Crippen LogP contribution is -2.14. The fourth-order valence-electron chi connectivity index (χ4n) is 0.986. The Morgan fingerprint density at radius 1 is 1.44 bits per heavy atom. The lowest BCUT2D eigenvalue weighted by atomic mass is 10.4. The van der Waals surface area contributed by atoms with Crippen LogP contribution in [0.15, 0.2) is 12.3 Å². The highest BCUT2D eigenvalue weighted by molar-refractivity contribution is 7.80. The summed E-state index contributed by atoms with van der Waals surface area (Å²) in [7, 11) is 0. The molecule has 0 atom stereocenters. The molecule has 16 heavy (non-hydrogen) atoms. The van der Waals surface area contributed by atoms with Gasteiger partial charge in [-0.2, -0.15) is 4.98 Å². The molecule has 0 aliphatic rings. The molecule has 0 saturated carbocycles. The van der Waals surface area contributed by atoms with E-state index >= 15 is 0 Å². The maximum absolute atomic E-state index is 5.44. The van der Waals surface area contributed by atoms with Crippen LogP contribution in [0.2, 0.25) is 0 Å². The molecule has 0 aromatic carbocycles. The minimum Gasteiger partial charge on any atom is -0.461 e. The number of aromatic nitrogens is 2. The van der Waals surface area contributed by atoms with Gasteiger partial charge >= 0.3 is 6.01 Å². The van der Waals surface area contributed by atoms with Crippen molar-refractivity contribution in [2.75, 3.05) is 19.8 Å². The van der Waals surface area contributed by atoms with Crippen LogP contribution in [0.3, 0.4) is 0 Å². The van der Waals surface area contributed by atoms with E-state index in [4.69, 9.17) is 27.4 Å². The van der Waals surface area contributed by atoms with E-state index in [0.717, 1.165) is 13.0 Å². The first-order chi connectivity index (χ1) is 7.74. The number of ether oxygens (including phenoxy) is 2. The van der Waals surface area contributed by atoms with Gasteiger partial charge in [-0.05, 0) is 12.5 Å². The van der Waals surface area contributed by atoms with Crippen LogP contribution in [0, 0.1) is 0 Å². The first kappa shape index (κ1) is 12.8. The first-order valence-electron chi connectivity index (χ1n) is 5.07. The number of rotatable bonds is 7. The van der Waals surface area contributed by atoms with Crippen molar-refractivity contribution in [3.8, 4) is 6.01 Å². The van der Waals surface area contributed by atoms with Crippen LogP contribution in [-0.4, -0.2) is 34.8 Å². The van der Waals surface area contributed by atoms with Crippen LogP contribution in [0.1, 0.15) is 19.0 Å². The normalized spacial score (nSPS) is 10.1. The van der Waals surface area contributed by atoms with Gasteiger partial charge in [0.1, 0.15) is 17.3 Å². The minimum absolute atomic E-state index is 0.231. The lowest BCUT2D eigenvalue weighted by Gasteiger charge is -2.05. The van der Waals surface area contributed by atoms with Gasteiger partial charge in [0.05, 0.1) is 6.61 Å². The number of hydrogen-bond donors (Lipinski definition) is 1. The summed E-state index contributed by atoms with van der Waals surface area (Å²) in [6, 6.07) is 1.91. The molecule has 2 N–H and O–H groups in total. The van der Waals surface area contributed by atoms with Gasteiger partial charge in [-0.15, -0.1) is 0 Å². The Bertz CT molecular complexity index is 347. The first-order valence-corrected chi connectivity index (χ1v) is 5.48. The Labute approximate surface area is 100.0 Å². The number of nitrogens with zero attached hydrogens (tertiary/aromatic N) is 2. The molecule has 5 nitrogen and oxygen atoms in total. The van der Waals surface area contributed by atoms with Gasteiger partial charge in [0, 0.05) is 12.8 Å². The third-order valence-corrected chi connectivity index (χ3v) is 1.90. The standard InChI is InChI=1S/C10H15N3O2S/c1-2-5-14-6-7-15-10-12-4-3-8(13-10)9(11)16/h3-4H,2,5-7H2,1H3,(H2,11,16). The summed E-state index contributed by atoms with van der Waals surface area (Å²) in [6.07, 6.45) is 2.55. The molecule has 6 heteroatoms. The maximum Gasteiger partial charge on any atom is 0.317 e. The summed E-state index contributed by atoms with van der Waals surface area (Å²) in [4.78, 5) is 8.20. The average Bonchev–Trinajstić information content (AvgIpc) is 2.29. The molecule has 0 spiro atoms. The molecule has 0 aliphatic heterocycles. The summed E-state index contributed by atoms with van der Waals surface area (Å²) < 4.78 is 10.5. The van der Waals surface area contributed by atoms with Gasteiger partial charge in [0.25, 0.3) is 0 Å². The SMILES string of the molecule is CCCOCCOc1nccc(C(N)=S)n1. The fraction of sp³-hybridized carbons (Fsp3) is 0.500. The molecule has 0 saturated heterocycles. The second-order valence-corrected chi connectivity index (χ2v) is 3.49. The van der Waals surface area contributed by atoms with Crippen molar-refractivity contribution >= 4 is 17.2 Å². The van der Waals surface area contributed by atoms with Crippen LogP contribution in [0.25, 0.3) is 0 Å². The average molecular weight is 241 g/mol. The monoisotopic (exact) mass is 241 g/mol. The highest BCUT2D eigenvalue weighted by Crippen LogP contribution is 2.02. The van der Waals surface area contributed by atoms with Crippen molar-refractivity contribution < 1.29 is 9.47 Å². The van der Waals surface area contributed by atoms with Crippen molar-refractivity contribution in [3.63, 3.8) is 0 Å². The zero-order valence-electron chi connectivity index (χ0n) is 9.18. The van der Waals surface area contributed by atoms with Crippen molar-refractivity contribution in [2.45, 2.75) is 13.3 Å². The van der Waals surface area contributed by atoms with Crippen molar-refractivity contribution in [1.82, 2.24) is 9.97 Å². The second-order valence-electron chi connectivity index (χ2n) is 3.05. The molecule has 1 rings (SSSR count). The van der Waals surface area contributed by atoms with Crippen LogP contribution in [-0.2, 0) is 4.74 Å². The molecule has 1 aromatic rings. The molecular formula is C10H15N3O2S. The summed E-state index contributed by atoms with van der Waals surface area (Å²) in [5.74, 6) is 0. The molecule has 88 valence electrons. The second kappa shape index (κ2) is 7.08. The largest absolute Gasteiger partial charge is 0.461 e. The Kier molecular flexibility index (Phi) is 5.66. The molecule has 0 unspecified atom stereocenters. The summed E-state index contributed by atoms with van der Waals surface area (Å²) in [5, 5.41) is 0. The summed E-state index contributed by atoms with van der Waals surface area (Å²) in [5.41, 5.74) is 5.95. The van der Waals surface area contributed by atoms with Gasteiger partial charge in [0.15, 0.2) is 0 Å². The predicted octanol–water partition coefficient (Wildman–Crippen LogP) is 0.916. The van der Waals surface area contributed by atoms with E-state index in [1.54, 1.807) is 12.3 Å². The number of nitrogens with two attached hydrogens (primary N) is 1. The third kappa shape index (κ3) is 4.50. The highest BCUT2D eigenvalue weighted by atomic mass is 32.1. The molecule has 0 aliphatic carbocycles. The molecule has 0 bridgehead atoms. The van der Waals surface area contributed by atoms with Crippen LogP contribution in [0.5, 0.6) is 6.01 Å². The van der Waals surface area contributed by atoms with Gasteiger partial charge in [-0.25, -0.2) is 4.98 Å². The summed E-state index contributed by atoms with van der Waals surface area (Å²) in [6.45, 7) is 3.72. The molecular weight excluding hydrogens is 226 g/mol. The Morgan fingerprint density at radius 2 is 2.25 bits per heavy atom. The number of thiocarbonyl (C=S) groups is 1. The van der Waals surface area contributed by atoms with Gasteiger partial charge in [-0.1, -0.05) is 19.1 Å². The topological polar surface area (TPSA) is 70.3 Å². The van der Waals surface area contributed by atoms with Gasteiger partial charge in [0.2, 0.25) is 0 Å². The molecule has 0 fully saturated rings. The quantitative estimate of drug-likeness (QED) is 0.565. The van der Waals surface area contributed by atoms with E-state index in [9.17, 15) is 0 Å². The van der Waals surface area contributed by atoms with E-state index in [1.807, 2.05) is 0 Å². The van der Waals surface area contributed by atoms with E-state index < -0.39 is 0 Å². The van der Waals surface area contributed by atoms with Gasteiger partial charge in [-0.3, -0.25) is 0 Å². The molecule has 0 amide bonds. The molecule has 1 aromatic heterocycles. The molecule has 1 heterocycles. The van der Waals surface area contributed by atoms with E-state index in [1.165, 1.54) is 0 Å². The Hall–Kier alpha value is -1.27. The lowest BCUT2D eigenvalue weighted by molar-refractivity contribution is 0.0972. The van der Waals surface area contributed by atoms with Crippen molar-refractivity contribution in [2.24, 2.45) is 5.73 Å². The predicted molar refractivity (Wildman–Crippen MR) is 64.5 cm³/mol. The summed E-state index contributed by atoms with van der Waals surface area (Å²) >= 11 is 4.80.